The molecule has 4 nitrogen and oxygen atoms in total. The molecule has 4 heteroatoms. The number of hydrogen-bond donors (Lipinski definition) is 1. The smallest absolute Gasteiger partial charge is 0.289 e. The number of rotatable bonds is 3. The van der Waals surface area contributed by atoms with Crippen molar-refractivity contribution in [1.29, 1.82) is 0 Å². The summed E-state index contributed by atoms with van der Waals surface area (Å²) in [6, 6.07) is 3.51. The molecule has 1 unspecified atom stereocenters. The van der Waals surface area contributed by atoms with Crippen molar-refractivity contribution in [3.05, 3.63) is 23.7 Å². The van der Waals surface area contributed by atoms with Crippen LogP contribution in [0.5, 0.6) is 0 Å². The van der Waals surface area contributed by atoms with Gasteiger partial charge in [0.1, 0.15) is 5.76 Å². The van der Waals surface area contributed by atoms with E-state index in [2.05, 4.69) is 6.92 Å². The van der Waals surface area contributed by atoms with Gasteiger partial charge >= 0.3 is 0 Å². The number of nitrogens with two attached hydrogens (primary N) is 1. The van der Waals surface area contributed by atoms with Crippen LogP contribution < -0.4 is 5.73 Å². The third-order valence-corrected chi connectivity index (χ3v) is 3.79. The fourth-order valence-electron chi connectivity index (χ4n) is 2.54. The monoisotopic (exact) mass is 250 g/mol. The lowest BCUT2D eigenvalue weighted by atomic mass is 9.98. The second-order valence-electron chi connectivity index (χ2n) is 4.97. The summed E-state index contributed by atoms with van der Waals surface area (Å²) in [6.45, 7) is 4.25. The molecule has 1 aromatic heterocycles. The van der Waals surface area contributed by atoms with Crippen molar-refractivity contribution < 1.29 is 9.21 Å². The van der Waals surface area contributed by atoms with Gasteiger partial charge in [0.25, 0.3) is 5.91 Å². The summed E-state index contributed by atoms with van der Waals surface area (Å²) < 4.78 is 5.43. The van der Waals surface area contributed by atoms with Crippen molar-refractivity contribution in [1.82, 2.24) is 4.90 Å². The van der Waals surface area contributed by atoms with Crippen molar-refractivity contribution in [2.75, 3.05) is 13.1 Å². The van der Waals surface area contributed by atoms with Crippen LogP contribution in [0.3, 0.4) is 0 Å². The Labute approximate surface area is 108 Å². The lowest BCUT2D eigenvalue weighted by molar-refractivity contribution is 0.0726. The summed E-state index contributed by atoms with van der Waals surface area (Å²) in [4.78, 5) is 14.2. The minimum absolute atomic E-state index is 0.00598. The van der Waals surface area contributed by atoms with E-state index in [0.29, 0.717) is 18.1 Å². The highest BCUT2D eigenvalue weighted by molar-refractivity contribution is 5.91. The van der Waals surface area contributed by atoms with Gasteiger partial charge in [0.05, 0.1) is 6.54 Å². The number of carbonyl (C=O) groups is 1. The topological polar surface area (TPSA) is 59.5 Å². The van der Waals surface area contributed by atoms with Crippen LogP contribution in [0.1, 0.15) is 48.9 Å². The molecule has 1 aliphatic heterocycles. The highest BCUT2D eigenvalue weighted by Gasteiger charge is 2.22. The molecule has 0 radical (unpaired) electrons. The molecular weight excluding hydrogens is 228 g/mol. The summed E-state index contributed by atoms with van der Waals surface area (Å²) >= 11 is 0. The van der Waals surface area contributed by atoms with E-state index < -0.39 is 0 Å². The van der Waals surface area contributed by atoms with Gasteiger partial charge in [-0.15, -0.1) is 0 Å². The van der Waals surface area contributed by atoms with E-state index in [1.54, 1.807) is 12.1 Å². The zero-order chi connectivity index (χ0) is 13.0. The van der Waals surface area contributed by atoms with Gasteiger partial charge in [-0.1, -0.05) is 13.3 Å². The second kappa shape index (κ2) is 6.05. The number of carbonyl (C=O) groups excluding carboxylic acids is 1. The van der Waals surface area contributed by atoms with Crippen LogP contribution in [-0.2, 0) is 6.54 Å². The molecule has 1 atom stereocenters. The Morgan fingerprint density at radius 2 is 2.28 bits per heavy atom. The van der Waals surface area contributed by atoms with Gasteiger partial charge in [-0.25, -0.2) is 0 Å². The van der Waals surface area contributed by atoms with Crippen molar-refractivity contribution in [2.45, 2.75) is 39.2 Å². The fraction of sp³-hybridized carbons (Fsp3) is 0.643. The molecule has 18 heavy (non-hydrogen) atoms. The largest absolute Gasteiger partial charge is 0.455 e. The Hall–Kier alpha value is -1.29. The average Bonchev–Trinajstić information content (AvgIpc) is 2.75. The zero-order valence-corrected chi connectivity index (χ0v) is 11.0. The van der Waals surface area contributed by atoms with E-state index in [-0.39, 0.29) is 5.91 Å². The number of nitrogens with zero attached hydrogens (tertiary/aromatic N) is 1. The summed E-state index contributed by atoms with van der Waals surface area (Å²) in [7, 11) is 0. The molecule has 0 bridgehead atoms. The minimum Gasteiger partial charge on any atom is -0.455 e. The highest BCUT2D eigenvalue weighted by Crippen LogP contribution is 2.21. The number of hydrogen-bond acceptors (Lipinski definition) is 3. The maximum absolute atomic E-state index is 12.3. The molecule has 100 valence electrons. The Morgan fingerprint density at radius 1 is 1.44 bits per heavy atom. The molecule has 2 heterocycles. The van der Waals surface area contributed by atoms with Crippen molar-refractivity contribution in [2.24, 2.45) is 11.7 Å². The van der Waals surface area contributed by atoms with Gasteiger partial charge in [0.15, 0.2) is 5.76 Å². The molecule has 1 fully saturated rings. The first-order valence-electron chi connectivity index (χ1n) is 6.82. The van der Waals surface area contributed by atoms with Gasteiger partial charge in [0, 0.05) is 13.1 Å². The van der Waals surface area contributed by atoms with Gasteiger partial charge < -0.3 is 15.1 Å². The highest BCUT2D eigenvalue weighted by atomic mass is 16.4. The number of furan rings is 1. The number of likely N-dealkylation sites (tertiary alicyclic amines) is 1. The van der Waals surface area contributed by atoms with Crippen LogP contribution in [0.25, 0.3) is 0 Å². The molecule has 1 aliphatic rings. The fourth-order valence-corrected chi connectivity index (χ4v) is 2.54. The molecule has 0 spiro atoms. The van der Waals surface area contributed by atoms with Crippen LogP contribution in [-0.4, -0.2) is 23.9 Å². The van der Waals surface area contributed by atoms with Crippen molar-refractivity contribution in [3.63, 3.8) is 0 Å². The van der Waals surface area contributed by atoms with E-state index in [0.717, 1.165) is 31.8 Å². The van der Waals surface area contributed by atoms with Gasteiger partial charge in [-0.3, -0.25) is 4.79 Å². The van der Waals surface area contributed by atoms with Crippen molar-refractivity contribution in [3.8, 4) is 0 Å². The molecule has 2 N–H and O–H groups in total. The Balaban J connectivity index is 2.00. The third-order valence-electron chi connectivity index (χ3n) is 3.79. The minimum atomic E-state index is 0.00598. The van der Waals surface area contributed by atoms with E-state index in [9.17, 15) is 4.79 Å². The van der Waals surface area contributed by atoms with E-state index in [4.69, 9.17) is 10.2 Å². The molecule has 0 saturated carbocycles. The van der Waals surface area contributed by atoms with Gasteiger partial charge in [-0.2, -0.15) is 0 Å². The molecule has 1 amide bonds. The summed E-state index contributed by atoms with van der Waals surface area (Å²) in [6.07, 6.45) is 4.63. The van der Waals surface area contributed by atoms with E-state index in [1.807, 2.05) is 4.90 Å². The van der Waals surface area contributed by atoms with Gasteiger partial charge in [0.2, 0.25) is 0 Å². The van der Waals surface area contributed by atoms with Crippen LogP contribution in [0.4, 0.5) is 0 Å². The van der Waals surface area contributed by atoms with Crippen LogP contribution >= 0.6 is 0 Å². The average molecular weight is 250 g/mol. The molecule has 0 aromatic carbocycles. The first-order valence-corrected chi connectivity index (χ1v) is 6.82. The van der Waals surface area contributed by atoms with E-state index in [1.165, 1.54) is 12.8 Å². The summed E-state index contributed by atoms with van der Waals surface area (Å²) in [5, 5.41) is 0. The normalized spacial score (nSPS) is 20.8. The Kier molecular flexibility index (Phi) is 4.42. The quantitative estimate of drug-likeness (QED) is 0.896. The number of amides is 1. The van der Waals surface area contributed by atoms with Crippen LogP contribution in [0.2, 0.25) is 0 Å². The third kappa shape index (κ3) is 2.93. The molecular formula is C14H22N2O2. The molecule has 0 aliphatic carbocycles. The SMILES string of the molecule is CCC1CCCN(C(=O)c2ccc(CN)o2)CC1. The second-order valence-corrected chi connectivity index (χ2v) is 4.97. The standard InChI is InChI=1S/C14H22N2O2/c1-2-11-4-3-8-16(9-7-11)14(17)13-6-5-12(10-15)18-13/h5-6,11H,2-4,7-10,15H2,1H3. The summed E-state index contributed by atoms with van der Waals surface area (Å²) in [5.74, 6) is 1.86. The first-order chi connectivity index (χ1) is 8.74. The Bertz CT molecular complexity index is 400. The van der Waals surface area contributed by atoms with Crippen molar-refractivity contribution >= 4 is 5.91 Å². The van der Waals surface area contributed by atoms with Crippen LogP contribution in [0.15, 0.2) is 16.5 Å². The maximum atomic E-state index is 12.3. The first kappa shape index (κ1) is 13.1. The lowest BCUT2D eigenvalue weighted by Crippen LogP contribution is -2.31. The zero-order valence-electron chi connectivity index (χ0n) is 11.0. The molecule has 2 rings (SSSR count). The Morgan fingerprint density at radius 3 is 2.94 bits per heavy atom. The predicted octanol–water partition coefficient (Wildman–Crippen LogP) is 2.39. The predicted molar refractivity (Wildman–Crippen MR) is 70.1 cm³/mol. The van der Waals surface area contributed by atoms with Gasteiger partial charge in [-0.05, 0) is 37.3 Å². The maximum Gasteiger partial charge on any atom is 0.289 e. The summed E-state index contributed by atoms with van der Waals surface area (Å²) in [5.41, 5.74) is 5.48. The van der Waals surface area contributed by atoms with E-state index >= 15 is 0 Å². The molecule has 1 saturated heterocycles. The lowest BCUT2D eigenvalue weighted by Gasteiger charge is -2.19. The molecule has 1 aromatic rings. The van der Waals surface area contributed by atoms with Crippen LogP contribution in [0, 0.1) is 5.92 Å².